The van der Waals surface area contributed by atoms with Crippen LogP contribution in [0.5, 0.6) is 11.5 Å². The number of ether oxygens (including phenoxy) is 2. The Morgan fingerprint density at radius 1 is 1.29 bits per heavy atom. The van der Waals surface area contributed by atoms with Crippen molar-refractivity contribution in [3.63, 3.8) is 0 Å². The average molecular weight is 470 g/mol. The Morgan fingerprint density at radius 2 is 2.10 bits per heavy atom. The number of guanidine groups is 1. The first-order valence-electron chi connectivity index (χ1n) is 6.84. The second kappa shape index (κ2) is 9.34. The Balaban J connectivity index is 0.00000220. The van der Waals surface area contributed by atoms with Crippen LogP contribution in [0.3, 0.4) is 0 Å². The highest BCUT2D eigenvalue weighted by atomic mass is 127. The molecule has 0 amide bonds. The van der Waals surface area contributed by atoms with Crippen molar-refractivity contribution in [2.24, 2.45) is 4.99 Å². The highest BCUT2D eigenvalue weighted by molar-refractivity contribution is 14.0. The number of aliphatic imine (C=N–C) groups is 1. The standard InChI is InChI=1S/C14H20BrN3O2.HI/c1-3-5-17-14(16-4-2)18-8-10-6-11(15)13-12(7-10)19-9-20-13;/h6-7H,3-5,8-9H2,1-2H3,(H2,16,17,18);1H. The van der Waals surface area contributed by atoms with Crippen LogP contribution in [0.4, 0.5) is 0 Å². The molecule has 1 aliphatic rings. The van der Waals surface area contributed by atoms with Crippen molar-refractivity contribution in [3.05, 3.63) is 22.2 Å². The molecule has 0 radical (unpaired) electrons. The largest absolute Gasteiger partial charge is 0.454 e. The first kappa shape index (κ1) is 18.3. The molecule has 0 fully saturated rings. The Kier molecular flexibility index (Phi) is 8.16. The third kappa shape index (κ3) is 5.21. The van der Waals surface area contributed by atoms with Gasteiger partial charge in [0, 0.05) is 13.1 Å². The van der Waals surface area contributed by atoms with E-state index in [9.17, 15) is 0 Å². The molecule has 0 unspecified atom stereocenters. The van der Waals surface area contributed by atoms with Crippen LogP contribution < -0.4 is 20.1 Å². The van der Waals surface area contributed by atoms with E-state index in [1.807, 2.05) is 12.1 Å². The Bertz CT molecular complexity index is 497. The van der Waals surface area contributed by atoms with Crippen LogP contribution in [0, 0.1) is 0 Å². The van der Waals surface area contributed by atoms with E-state index in [1.54, 1.807) is 0 Å². The van der Waals surface area contributed by atoms with E-state index < -0.39 is 0 Å². The van der Waals surface area contributed by atoms with Gasteiger partial charge in [-0.15, -0.1) is 24.0 Å². The molecular weight excluding hydrogens is 449 g/mol. The molecule has 5 nitrogen and oxygen atoms in total. The van der Waals surface area contributed by atoms with E-state index in [2.05, 4.69) is 45.4 Å². The van der Waals surface area contributed by atoms with E-state index in [-0.39, 0.29) is 30.8 Å². The van der Waals surface area contributed by atoms with Crippen LogP contribution in [0.15, 0.2) is 21.6 Å². The summed E-state index contributed by atoms with van der Waals surface area (Å²) in [7, 11) is 0. The maximum Gasteiger partial charge on any atom is 0.231 e. The van der Waals surface area contributed by atoms with Crippen LogP contribution in [0.2, 0.25) is 0 Å². The fraction of sp³-hybridized carbons (Fsp3) is 0.500. The topological polar surface area (TPSA) is 54.9 Å². The Morgan fingerprint density at radius 3 is 2.81 bits per heavy atom. The van der Waals surface area contributed by atoms with Crippen LogP contribution in [-0.2, 0) is 6.54 Å². The van der Waals surface area contributed by atoms with E-state index >= 15 is 0 Å². The van der Waals surface area contributed by atoms with Crippen molar-refractivity contribution >= 4 is 45.9 Å². The number of rotatable bonds is 5. The number of fused-ring (bicyclic) bond motifs is 1. The van der Waals surface area contributed by atoms with Crippen molar-refractivity contribution in [2.75, 3.05) is 19.9 Å². The molecule has 21 heavy (non-hydrogen) atoms. The van der Waals surface area contributed by atoms with Gasteiger partial charge < -0.3 is 20.1 Å². The quantitative estimate of drug-likeness (QED) is 0.395. The molecule has 7 heteroatoms. The zero-order valence-corrected chi connectivity index (χ0v) is 16.2. The Hall–Kier alpha value is -0.700. The Labute approximate surface area is 151 Å². The lowest BCUT2D eigenvalue weighted by atomic mass is 10.2. The predicted molar refractivity (Wildman–Crippen MR) is 98.8 cm³/mol. The predicted octanol–water partition coefficient (Wildman–Crippen LogP) is 3.26. The lowest BCUT2D eigenvalue weighted by Crippen LogP contribution is -2.37. The van der Waals surface area contributed by atoms with Gasteiger partial charge in [0.05, 0.1) is 11.0 Å². The zero-order chi connectivity index (χ0) is 14.4. The summed E-state index contributed by atoms with van der Waals surface area (Å²) in [4.78, 5) is 4.57. The molecule has 1 aliphatic heterocycles. The molecule has 0 spiro atoms. The molecule has 2 rings (SSSR count). The highest BCUT2D eigenvalue weighted by Gasteiger charge is 2.17. The van der Waals surface area contributed by atoms with Gasteiger partial charge in [-0.25, -0.2) is 4.99 Å². The monoisotopic (exact) mass is 469 g/mol. The molecule has 0 saturated carbocycles. The summed E-state index contributed by atoms with van der Waals surface area (Å²) in [6.07, 6.45) is 1.07. The molecule has 0 aromatic heterocycles. The summed E-state index contributed by atoms with van der Waals surface area (Å²) >= 11 is 3.49. The number of nitrogens with zero attached hydrogens (tertiary/aromatic N) is 1. The number of hydrogen-bond donors (Lipinski definition) is 2. The molecule has 1 aromatic rings. The van der Waals surface area contributed by atoms with Crippen LogP contribution in [-0.4, -0.2) is 25.8 Å². The molecule has 1 aromatic carbocycles. The van der Waals surface area contributed by atoms with Gasteiger partial charge in [-0.3, -0.25) is 0 Å². The summed E-state index contributed by atoms with van der Waals surface area (Å²) < 4.78 is 11.7. The number of benzene rings is 1. The molecule has 2 N–H and O–H groups in total. The fourth-order valence-electron chi connectivity index (χ4n) is 1.87. The summed E-state index contributed by atoms with van der Waals surface area (Å²) in [6, 6.07) is 3.99. The van der Waals surface area contributed by atoms with Gasteiger partial charge in [-0.2, -0.15) is 0 Å². The lowest BCUT2D eigenvalue weighted by molar-refractivity contribution is 0.173. The van der Waals surface area contributed by atoms with Gasteiger partial charge in [0.15, 0.2) is 17.5 Å². The zero-order valence-electron chi connectivity index (χ0n) is 12.2. The molecule has 0 atom stereocenters. The summed E-state index contributed by atoms with van der Waals surface area (Å²) in [5.41, 5.74) is 1.08. The second-order valence-corrected chi connectivity index (χ2v) is 5.29. The summed E-state index contributed by atoms with van der Waals surface area (Å²) in [5.74, 6) is 2.38. The minimum atomic E-state index is 0. The van der Waals surface area contributed by atoms with Gasteiger partial charge >= 0.3 is 0 Å². The molecule has 0 saturated heterocycles. The third-order valence-corrected chi connectivity index (χ3v) is 3.38. The van der Waals surface area contributed by atoms with Crippen molar-refractivity contribution in [1.29, 1.82) is 0 Å². The van der Waals surface area contributed by atoms with Crippen LogP contribution >= 0.6 is 39.9 Å². The molecule has 118 valence electrons. The summed E-state index contributed by atoms with van der Waals surface area (Å²) in [5, 5.41) is 6.50. The van der Waals surface area contributed by atoms with E-state index in [1.165, 1.54) is 0 Å². The van der Waals surface area contributed by atoms with Gasteiger partial charge in [-0.1, -0.05) is 6.92 Å². The summed E-state index contributed by atoms with van der Waals surface area (Å²) in [6.45, 7) is 6.82. The first-order chi connectivity index (χ1) is 9.74. The maximum atomic E-state index is 5.41. The van der Waals surface area contributed by atoms with Crippen LogP contribution in [0.25, 0.3) is 0 Å². The molecule has 0 aliphatic carbocycles. The van der Waals surface area contributed by atoms with Gasteiger partial charge in [-0.05, 0) is 47.0 Å². The van der Waals surface area contributed by atoms with Crippen molar-refractivity contribution in [3.8, 4) is 11.5 Å². The van der Waals surface area contributed by atoms with Gasteiger partial charge in [0.2, 0.25) is 6.79 Å². The first-order valence-corrected chi connectivity index (χ1v) is 7.64. The molecule has 1 heterocycles. The number of halogens is 2. The van der Waals surface area contributed by atoms with Gasteiger partial charge in [0.1, 0.15) is 0 Å². The fourth-order valence-corrected chi connectivity index (χ4v) is 2.47. The lowest BCUT2D eigenvalue weighted by Gasteiger charge is -2.10. The highest BCUT2D eigenvalue weighted by Crippen LogP contribution is 2.40. The SMILES string of the molecule is CCCNC(=NCc1cc(Br)c2c(c1)OCO2)NCC.I. The van der Waals surface area contributed by atoms with Crippen LogP contribution in [0.1, 0.15) is 25.8 Å². The molecule has 0 bridgehead atoms. The molecular formula is C14H21BrIN3O2. The number of hydrogen-bond acceptors (Lipinski definition) is 3. The normalized spacial score (nSPS) is 12.8. The van der Waals surface area contributed by atoms with Crippen molar-refractivity contribution in [1.82, 2.24) is 10.6 Å². The third-order valence-electron chi connectivity index (χ3n) is 2.79. The maximum absolute atomic E-state index is 5.41. The minimum absolute atomic E-state index is 0. The van der Waals surface area contributed by atoms with Gasteiger partial charge in [0.25, 0.3) is 0 Å². The smallest absolute Gasteiger partial charge is 0.231 e. The van der Waals surface area contributed by atoms with Crippen molar-refractivity contribution in [2.45, 2.75) is 26.8 Å². The van der Waals surface area contributed by atoms with E-state index in [0.717, 1.165) is 47.0 Å². The van der Waals surface area contributed by atoms with E-state index in [0.29, 0.717) is 6.54 Å². The number of nitrogens with one attached hydrogen (secondary N) is 2. The van der Waals surface area contributed by atoms with E-state index in [4.69, 9.17) is 9.47 Å². The second-order valence-electron chi connectivity index (χ2n) is 4.43. The van der Waals surface area contributed by atoms with Crippen molar-refractivity contribution < 1.29 is 9.47 Å². The minimum Gasteiger partial charge on any atom is -0.454 e. The average Bonchev–Trinajstić information content (AvgIpc) is 2.91.